The van der Waals surface area contributed by atoms with Gasteiger partial charge in [-0.15, -0.1) is 0 Å². The molecule has 0 saturated carbocycles. The van der Waals surface area contributed by atoms with Crippen molar-refractivity contribution in [2.75, 3.05) is 32.8 Å². The van der Waals surface area contributed by atoms with Crippen LogP contribution in [0, 0.1) is 0 Å². The van der Waals surface area contributed by atoms with Gasteiger partial charge in [-0.05, 0) is 49.8 Å². The summed E-state index contributed by atoms with van der Waals surface area (Å²) in [7, 11) is 0. The van der Waals surface area contributed by atoms with Gasteiger partial charge in [-0.2, -0.15) is 0 Å². The number of hydrogen-bond donors (Lipinski definition) is 2. The highest BCUT2D eigenvalue weighted by Gasteiger charge is 2.27. The number of piperidine rings is 2. The van der Waals surface area contributed by atoms with E-state index >= 15 is 0 Å². The minimum absolute atomic E-state index is 0.0613. The number of ether oxygens (including phenoxy) is 1. The van der Waals surface area contributed by atoms with Gasteiger partial charge in [0.1, 0.15) is 5.75 Å². The number of rotatable bonds is 6. The molecule has 0 radical (unpaired) electrons. The van der Waals surface area contributed by atoms with Gasteiger partial charge in [0.05, 0.1) is 6.10 Å². The molecule has 2 aliphatic heterocycles. The van der Waals surface area contributed by atoms with Crippen LogP contribution in [0.2, 0.25) is 0 Å². The summed E-state index contributed by atoms with van der Waals surface area (Å²) in [6.45, 7) is 7.19. The Labute approximate surface area is 162 Å². The standard InChI is InChI=1S/C21H33N3O3/c1-2-13-27-20-7-4-10-24(16-20)21(26)22-18-8-11-23(12-9-18)15-17-5-3-6-19(25)14-17/h3,5-6,14,18,20,25H,2,4,7-13,15-16H2,1H3,(H,22,26)/t20-/m0/s1. The van der Waals surface area contributed by atoms with Crippen molar-refractivity contribution < 1.29 is 14.6 Å². The normalized spacial score (nSPS) is 22.0. The molecule has 2 heterocycles. The van der Waals surface area contributed by atoms with E-state index in [4.69, 9.17) is 4.74 Å². The van der Waals surface area contributed by atoms with Crippen molar-refractivity contribution in [1.29, 1.82) is 0 Å². The molecule has 0 aromatic heterocycles. The van der Waals surface area contributed by atoms with Crippen LogP contribution in [0.5, 0.6) is 5.75 Å². The molecule has 2 aliphatic rings. The summed E-state index contributed by atoms with van der Waals surface area (Å²) in [6.07, 6.45) is 5.21. The van der Waals surface area contributed by atoms with Crippen LogP contribution in [0.4, 0.5) is 4.79 Å². The molecule has 0 spiro atoms. The van der Waals surface area contributed by atoms with E-state index < -0.39 is 0 Å². The van der Waals surface area contributed by atoms with Gasteiger partial charge in [-0.25, -0.2) is 4.79 Å². The van der Waals surface area contributed by atoms with Gasteiger partial charge in [-0.1, -0.05) is 19.1 Å². The van der Waals surface area contributed by atoms with Crippen molar-refractivity contribution in [3.63, 3.8) is 0 Å². The summed E-state index contributed by atoms with van der Waals surface area (Å²) >= 11 is 0. The number of amides is 2. The highest BCUT2D eigenvalue weighted by atomic mass is 16.5. The van der Waals surface area contributed by atoms with E-state index in [1.807, 2.05) is 23.1 Å². The number of likely N-dealkylation sites (tertiary alicyclic amines) is 2. The summed E-state index contributed by atoms with van der Waals surface area (Å²) < 4.78 is 5.84. The van der Waals surface area contributed by atoms with Crippen LogP contribution < -0.4 is 5.32 Å². The second-order valence-corrected chi connectivity index (χ2v) is 7.75. The van der Waals surface area contributed by atoms with Crippen molar-refractivity contribution in [2.45, 2.75) is 57.7 Å². The number of aromatic hydroxyl groups is 1. The van der Waals surface area contributed by atoms with Gasteiger partial charge in [0, 0.05) is 45.4 Å². The molecule has 2 fully saturated rings. The van der Waals surface area contributed by atoms with Crippen molar-refractivity contribution in [1.82, 2.24) is 15.1 Å². The molecular weight excluding hydrogens is 342 g/mol. The molecule has 0 unspecified atom stereocenters. The maximum absolute atomic E-state index is 12.6. The fourth-order valence-electron chi connectivity index (χ4n) is 3.96. The van der Waals surface area contributed by atoms with Crippen LogP contribution in [0.3, 0.4) is 0 Å². The Morgan fingerprint density at radius 1 is 1.26 bits per heavy atom. The van der Waals surface area contributed by atoms with Crippen LogP contribution in [-0.2, 0) is 11.3 Å². The lowest BCUT2D eigenvalue weighted by molar-refractivity contribution is 0.00947. The van der Waals surface area contributed by atoms with Gasteiger partial charge < -0.3 is 20.1 Å². The molecule has 0 aliphatic carbocycles. The van der Waals surface area contributed by atoms with Crippen LogP contribution in [0.25, 0.3) is 0 Å². The molecule has 6 heteroatoms. The Morgan fingerprint density at radius 3 is 2.81 bits per heavy atom. The third kappa shape index (κ3) is 6.11. The van der Waals surface area contributed by atoms with Crippen molar-refractivity contribution in [3.05, 3.63) is 29.8 Å². The van der Waals surface area contributed by atoms with Gasteiger partial charge in [0.15, 0.2) is 0 Å². The maximum Gasteiger partial charge on any atom is 0.317 e. The first-order chi connectivity index (χ1) is 13.1. The smallest absolute Gasteiger partial charge is 0.317 e. The van der Waals surface area contributed by atoms with Crippen molar-refractivity contribution >= 4 is 6.03 Å². The van der Waals surface area contributed by atoms with Crippen LogP contribution in [-0.4, -0.2) is 65.9 Å². The Kier molecular flexibility index (Phi) is 7.35. The molecule has 3 rings (SSSR count). The Balaban J connectivity index is 1.40. The molecule has 1 aromatic rings. The number of carbonyl (C=O) groups excluding carboxylic acids is 1. The quantitative estimate of drug-likeness (QED) is 0.802. The van der Waals surface area contributed by atoms with E-state index in [-0.39, 0.29) is 18.2 Å². The Morgan fingerprint density at radius 2 is 2.07 bits per heavy atom. The number of benzene rings is 1. The minimum Gasteiger partial charge on any atom is -0.508 e. The first kappa shape index (κ1) is 20.0. The number of phenols is 1. The Hall–Kier alpha value is -1.79. The van der Waals surface area contributed by atoms with Crippen LogP contribution in [0.1, 0.15) is 44.6 Å². The highest BCUT2D eigenvalue weighted by Crippen LogP contribution is 2.18. The molecule has 2 N–H and O–H groups in total. The zero-order chi connectivity index (χ0) is 19.1. The average molecular weight is 376 g/mol. The van der Waals surface area contributed by atoms with Gasteiger partial charge in [0.2, 0.25) is 0 Å². The summed E-state index contributed by atoms with van der Waals surface area (Å²) in [4.78, 5) is 16.9. The summed E-state index contributed by atoms with van der Waals surface area (Å²) in [5.74, 6) is 0.317. The molecule has 6 nitrogen and oxygen atoms in total. The molecule has 2 amide bonds. The van der Waals surface area contributed by atoms with Crippen molar-refractivity contribution in [3.8, 4) is 5.75 Å². The SMILES string of the molecule is CCCO[C@H]1CCCN(C(=O)NC2CCN(Cc3cccc(O)c3)CC2)C1. The first-order valence-corrected chi connectivity index (χ1v) is 10.3. The van der Waals surface area contributed by atoms with Crippen LogP contribution in [0.15, 0.2) is 24.3 Å². The van der Waals surface area contributed by atoms with Crippen molar-refractivity contribution in [2.24, 2.45) is 0 Å². The lowest BCUT2D eigenvalue weighted by Gasteiger charge is -2.36. The number of nitrogens with one attached hydrogen (secondary N) is 1. The van der Waals surface area contributed by atoms with E-state index in [0.29, 0.717) is 12.3 Å². The van der Waals surface area contributed by atoms with Gasteiger partial charge >= 0.3 is 6.03 Å². The fourth-order valence-corrected chi connectivity index (χ4v) is 3.96. The predicted octanol–water partition coefficient (Wildman–Crippen LogP) is 2.96. The predicted molar refractivity (Wildman–Crippen MR) is 106 cm³/mol. The molecule has 150 valence electrons. The molecule has 1 atom stereocenters. The highest BCUT2D eigenvalue weighted by molar-refractivity contribution is 5.74. The van der Waals surface area contributed by atoms with E-state index in [1.165, 1.54) is 0 Å². The van der Waals surface area contributed by atoms with E-state index in [9.17, 15) is 9.90 Å². The summed E-state index contributed by atoms with van der Waals surface area (Å²) in [5, 5.41) is 12.8. The third-order valence-corrected chi connectivity index (χ3v) is 5.45. The monoisotopic (exact) mass is 375 g/mol. The largest absolute Gasteiger partial charge is 0.508 e. The number of hydrogen-bond acceptors (Lipinski definition) is 4. The maximum atomic E-state index is 12.6. The van der Waals surface area contributed by atoms with Gasteiger partial charge in [-0.3, -0.25) is 4.90 Å². The van der Waals surface area contributed by atoms with E-state index in [2.05, 4.69) is 17.1 Å². The van der Waals surface area contributed by atoms with Gasteiger partial charge in [0.25, 0.3) is 0 Å². The number of nitrogens with zero attached hydrogens (tertiary/aromatic N) is 2. The fraction of sp³-hybridized carbons (Fsp3) is 0.667. The number of phenolic OH excluding ortho intramolecular Hbond substituents is 1. The minimum atomic E-state index is 0.0613. The number of urea groups is 1. The lowest BCUT2D eigenvalue weighted by Crippen LogP contribution is -2.52. The molecule has 1 aromatic carbocycles. The average Bonchev–Trinajstić information content (AvgIpc) is 2.68. The second kappa shape index (κ2) is 9.95. The molecule has 2 saturated heterocycles. The topological polar surface area (TPSA) is 65.0 Å². The zero-order valence-electron chi connectivity index (χ0n) is 16.4. The molecular formula is C21H33N3O3. The Bertz CT molecular complexity index is 602. The molecule has 27 heavy (non-hydrogen) atoms. The summed E-state index contributed by atoms with van der Waals surface area (Å²) in [5.41, 5.74) is 1.13. The zero-order valence-corrected chi connectivity index (χ0v) is 16.4. The molecule has 0 bridgehead atoms. The first-order valence-electron chi connectivity index (χ1n) is 10.3. The van der Waals surface area contributed by atoms with E-state index in [1.54, 1.807) is 6.07 Å². The summed E-state index contributed by atoms with van der Waals surface area (Å²) in [6, 6.07) is 7.75. The van der Waals surface area contributed by atoms with Crippen LogP contribution >= 0.6 is 0 Å². The van der Waals surface area contributed by atoms with E-state index in [0.717, 1.165) is 70.5 Å². The third-order valence-electron chi connectivity index (χ3n) is 5.45. The lowest BCUT2D eigenvalue weighted by atomic mass is 10.0. The second-order valence-electron chi connectivity index (χ2n) is 7.75. The number of carbonyl (C=O) groups is 1.